The Bertz CT molecular complexity index is 1040. The first-order valence-electron chi connectivity index (χ1n) is 12.9. The third-order valence-corrected chi connectivity index (χ3v) is 7.67. The number of likely N-dealkylation sites (tertiary alicyclic amines) is 1. The van der Waals surface area contributed by atoms with Crippen LogP contribution in [0, 0.1) is 0 Å². The van der Waals surface area contributed by atoms with Crippen LogP contribution in [0.25, 0.3) is 5.57 Å². The average molecular weight is 479 g/mol. The molecule has 0 aliphatic carbocycles. The minimum atomic E-state index is -0.584. The monoisotopic (exact) mass is 478 g/mol. The number of rotatable bonds is 6. The van der Waals surface area contributed by atoms with Crippen LogP contribution in [0.1, 0.15) is 31.4 Å². The van der Waals surface area contributed by atoms with Gasteiger partial charge >= 0.3 is 0 Å². The molecule has 7 heterocycles. The van der Waals surface area contributed by atoms with Crippen LogP contribution < -0.4 is 15.8 Å². The Hall–Kier alpha value is -2.90. The molecule has 0 aromatic carbocycles. The molecule has 0 amide bonds. The fraction of sp³-hybridized carbons (Fsp3) is 0.565. The molecule has 3 fully saturated rings. The summed E-state index contributed by atoms with van der Waals surface area (Å²) in [7, 11) is 0. The molecule has 2 aromatic rings. The smallest absolute Gasteiger partial charge is 0.225 e. The van der Waals surface area contributed by atoms with Gasteiger partial charge in [0, 0.05) is 70.6 Å². The number of anilines is 1. The Labute approximate surface area is 205 Å². The van der Waals surface area contributed by atoms with Crippen molar-refractivity contribution in [3.63, 3.8) is 0 Å². The first-order valence-corrected chi connectivity index (χ1v) is 12.9. The van der Waals surface area contributed by atoms with Crippen LogP contribution in [0.5, 0.6) is 0 Å². The maximum absolute atomic E-state index is 4.79. The maximum atomic E-state index is 4.79. The van der Waals surface area contributed by atoms with E-state index in [1.54, 1.807) is 0 Å². The molecule has 35 heavy (non-hydrogen) atoms. The minimum Gasteiger partial charge on any atom is -0.342 e. The summed E-state index contributed by atoms with van der Waals surface area (Å²) in [5, 5.41) is 20.9. The van der Waals surface area contributed by atoms with Gasteiger partial charge < -0.3 is 9.88 Å². The minimum absolute atomic E-state index is 0.584. The van der Waals surface area contributed by atoms with Gasteiger partial charge in [-0.1, -0.05) is 11.2 Å². The highest BCUT2D eigenvalue weighted by Crippen LogP contribution is 2.51. The molecule has 1 atom stereocenters. The second kappa shape index (κ2) is 8.64. The van der Waals surface area contributed by atoms with Crippen LogP contribution in [0.3, 0.4) is 0 Å². The summed E-state index contributed by atoms with van der Waals surface area (Å²) >= 11 is 0. The Morgan fingerprint density at radius 2 is 1.91 bits per heavy atom. The largest absolute Gasteiger partial charge is 0.342 e. The van der Waals surface area contributed by atoms with Crippen LogP contribution in [-0.4, -0.2) is 103 Å². The average Bonchev–Trinajstić information content (AvgIpc) is 3.71. The Morgan fingerprint density at radius 1 is 0.971 bits per heavy atom. The Morgan fingerprint density at radius 3 is 2.57 bits per heavy atom. The molecule has 12 nitrogen and oxygen atoms in total. The molecule has 0 saturated carbocycles. The normalized spacial score (nSPS) is 28.6. The lowest BCUT2D eigenvalue weighted by Crippen LogP contribution is -2.74. The van der Waals surface area contributed by atoms with Crippen molar-refractivity contribution in [2.45, 2.75) is 31.5 Å². The summed E-state index contributed by atoms with van der Waals surface area (Å²) in [6.45, 7) is 7.57. The quantitative estimate of drug-likeness (QED) is 0.470. The number of aromatic amines is 2. The van der Waals surface area contributed by atoms with Crippen molar-refractivity contribution in [1.29, 1.82) is 0 Å². The summed E-state index contributed by atoms with van der Waals surface area (Å²) in [6.07, 6.45) is 14.6. The number of hydrogen-bond donors (Lipinski definition) is 4. The number of nitrogens with one attached hydrogen (secondary N) is 4. The molecule has 4 N–H and O–H groups in total. The van der Waals surface area contributed by atoms with Crippen LogP contribution in [0.2, 0.25) is 0 Å². The van der Waals surface area contributed by atoms with Crippen LogP contribution in [0.4, 0.5) is 5.95 Å². The maximum Gasteiger partial charge on any atom is 0.225 e. The number of nitrogens with zero attached hydrogens (tertiary/aromatic N) is 8. The third-order valence-electron chi connectivity index (χ3n) is 7.67. The molecule has 7 rings (SSSR count). The van der Waals surface area contributed by atoms with Gasteiger partial charge in [0.2, 0.25) is 11.7 Å². The predicted molar refractivity (Wildman–Crippen MR) is 131 cm³/mol. The number of hydrogen-bond acceptors (Lipinski definition) is 10. The molecule has 1 unspecified atom stereocenters. The molecule has 0 spiro atoms. The summed E-state index contributed by atoms with van der Waals surface area (Å²) < 4.78 is 0. The Kier molecular flexibility index (Phi) is 5.28. The van der Waals surface area contributed by atoms with Gasteiger partial charge in [0.1, 0.15) is 5.82 Å². The van der Waals surface area contributed by atoms with Crippen molar-refractivity contribution in [2.24, 2.45) is 0 Å². The highest BCUT2D eigenvalue weighted by Gasteiger charge is 2.64. The number of H-pyrrole nitrogens is 2. The van der Waals surface area contributed by atoms with E-state index in [0.717, 1.165) is 82.8 Å². The lowest BCUT2D eigenvalue weighted by atomic mass is 10.0. The van der Waals surface area contributed by atoms with Crippen molar-refractivity contribution in [3.05, 3.63) is 48.4 Å². The van der Waals surface area contributed by atoms with Gasteiger partial charge in [-0.3, -0.25) is 25.8 Å². The molecule has 3 saturated heterocycles. The van der Waals surface area contributed by atoms with Gasteiger partial charge in [0.05, 0.1) is 17.9 Å². The van der Waals surface area contributed by atoms with E-state index in [1.807, 2.05) is 18.6 Å². The standard InChI is InChI=1S/C23H34N12/c1-2-13-31(12-1)23(33-16-5-7-28-33)20(19-6-8-27-29-19)21(30-17-11-24-18-30)34(22-25-9-10-26-22)35(23)32-14-3-4-15-32/h3,6,8-10,14,24,28H,1-2,4-5,7,11-13,15-18H2,(H,25,26)(H,27,29). The predicted octanol–water partition coefficient (Wildman–Crippen LogP) is 0.496. The van der Waals surface area contributed by atoms with E-state index in [4.69, 9.17) is 4.98 Å². The van der Waals surface area contributed by atoms with Crippen molar-refractivity contribution >= 4 is 11.5 Å². The molecule has 0 bridgehead atoms. The van der Waals surface area contributed by atoms with Gasteiger partial charge in [-0.05, 0) is 31.7 Å². The number of hydrazine groups is 3. The third kappa shape index (κ3) is 3.17. The van der Waals surface area contributed by atoms with E-state index in [1.165, 1.54) is 18.4 Å². The van der Waals surface area contributed by atoms with E-state index in [2.05, 4.69) is 74.2 Å². The first kappa shape index (κ1) is 21.4. The second-order valence-electron chi connectivity index (χ2n) is 9.68. The van der Waals surface area contributed by atoms with E-state index in [-0.39, 0.29) is 0 Å². The first-order chi connectivity index (χ1) is 17.4. The van der Waals surface area contributed by atoms with Gasteiger partial charge in [0.25, 0.3) is 0 Å². The van der Waals surface area contributed by atoms with Crippen molar-refractivity contribution in [3.8, 4) is 0 Å². The van der Waals surface area contributed by atoms with Crippen LogP contribution >= 0.6 is 0 Å². The zero-order chi connectivity index (χ0) is 23.2. The highest BCUT2D eigenvalue weighted by atomic mass is 16.0. The lowest BCUT2D eigenvalue weighted by Gasteiger charge is -2.54. The molecule has 186 valence electrons. The summed E-state index contributed by atoms with van der Waals surface area (Å²) in [5.74, 6) is 1.36. The Balaban J connectivity index is 1.54. The molecule has 2 aromatic heterocycles. The van der Waals surface area contributed by atoms with Crippen LogP contribution in [0.15, 0.2) is 42.8 Å². The van der Waals surface area contributed by atoms with Gasteiger partial charge in [-0.25, -0.2) is 15.0 Å². The molecule has 5 aliphatic rings. The molecule has 5 aliphatic heterocycles. The van der Waals surface area contributed by atoms with Gasteiger partial charge in [-0.2, -0.15) is 5.10 Å². The van der Waals surface area contributed by atoms with Crippen LogP contribution in [-0.2, 0) is 0 Å². The molecular weight excluding hydrogens is 444 g/mol. The van der Waals surface area contributed by atoms with Gasteiger partial charge in [-0.15, -0.1) is 0 Å². The van der Waals surface area contributed by atoms with E-state index in [9.17, 15) is 0 Å². The van der Waals surface area contributed by atoms with E-state index < -0.39 is 5.79 Å². The fourth-order valence-corrected chi connectivity index (χ4v) is 6.28. The fourth-order valence-electron chi connectivity index (χ4n) is 6.28. The van der Waals surface area contributed by atoms with E-state index >= 15 is 0 Å². The number of imidazole rings is 1. The van der Waals surface area contributed by atoms with Gasteiger partial charge in [0.15, 0.2) is 0 Å². The number of aromatic nitrogens is 4. The molecule has 0 radical (unpaired) electrons. The summed E-state index contributed by atoms with van der Waals surface area (Å²) in [4.78, 5) is 13.3. The van der Waals surface area contributed by atoms with Crippen molar-refractivity contribution in [2.75, 3.05) is 57.5 Å². The van der Waals surface area contributed by atoms with Crippen molar-refractivity contribution < 1.29 is 0 Å². The zero-order valence-corrected chi connectivity index (χ0v) is 20.0. The molecular formula is C23H34N12. The SMILES string of the molecule is C1=CN(N2N(c3ncc[nH]3)C(N3CCNC3)=C(c3ccn[nH]3)C2(N2CCCC2)N2CCCN2)CC1. The lowest BCUT2D eigenvalue weighted by molar-refractivity contribution is -0.196. The highest BCUT2D eigenvalue weighted by molar-refractivity contribution is 5.79. The van der Waals surface area contributed by atoms with E-state index in [0.29, 0.717) is 0 Å². The summed E-state index contributed by atoms with van der Waals surface area (Å²) in [6, 6.07) is 2.11. The topological polar surface area (TPSA) is 101 Å². The summed E-state index contributed by atoms with van der Waals surface area (Å²) in [5.41, 5.74) is 6.03. The molecule has 12 heteroatoms. The van der Waals surface area contributed by atoms with Crippen molar-refractivity contribution in [1.82, 2.24) is 55.8 Å². The zero-order valence-electron chi connectivity index (χ0n) is 20.0. The second-order valence-corrected chi connectivity index (χ2v) is 9.68.